The van der Waals surface area contributed by atoms with Crippen LogP contribution < -0.4 is 0 Å². The normalized spacial score (nSPS) is 11.6. The van der Waals surface area contributed by atoms with E-state index >= 15 is 0 Å². The smallest absolute Gasteiger partial charge is 0.376 e. The molecule has 4 heteroatoms. The van der Waals surface area contributed by atoms with Crippen molar-refractivity contribution in [1.29, 1.82) is 0 Å². The van der Waals surface area contributed by atoms with E-state index in [0.717, 1.165) is 19.3 Å². The van der Waals surface area contributed by atoms with Crippen LogP contribution in [0.5, 0.6) is 0 Å². The van der Waals surface area contributed by atoms with Crippen LogP contribution in [0.25, 0.3) is 0 Å². The molecule has 0 rings (SSSR count). The first kappa shape index (κ1) is 19.3. The summed E-state index contributed by atoms with van der Waals surface area (Å²) < 4.78 is 30.9. The first-order valence-electron chi connectivity index (χ1n) is 8.09. The molecule has 0 aliphatic carbocycles. The predicted molar refractivity (Wildman–Crippen MR) is 78.0 cm³/mol. The molecule has 0 radical (unpaired) electrons. The number of halogens is 2. The van der Waals surface area contributed by atoms with Crippen molar-refractivity contribution in [3.63, 3.8) is 0 Å². The minimum Gasteiger partial charge on any atom is -0.462 e. The third kappa shape index (κ3) is 10.2. The third-order valence-corrected chi connectivity index (χ3v) is 3.42. The number of hydrogen-bond acceptors (Lipinski definition) is 2. The highest BCUT2D eigenvalue weighted by atomic mass is 19.3. The lowest BCUT2D eigenvalue weighted by atomic mass is 10.0. The van der Waals surface area contributed by atoms with Crippen molar-refractivity contribution in [2.45, 2.75) is 90.4 Å². The topological polar surface area (TPSA) is 26.3 Å². The van der Waals surface area contributed by atoms with E-state index in [9.17, 15) is 13.6 Å². The number of carbonyl (C=O) groups is 1. The molecule has 0 aromatic carbocycles. The number of ether oxygens (including phenoxy) is 1. The Bertz CT molecular complexity index is 243. The lowest BCUT2D eigenvalue weighted by Gasteiger charge is -2.14. The van der Waals surface area contributed by atoms with Gasteiger partial charge in [-0.05, 0) is 13.3 Å². The van der Waals surface area contributed by atoms with Gasteiger partial charge in [0.1, 0.15) is 0 Å². The molecular weight excluding hydrogens is 262 g/mol. The molecule has 0 fully saturated rings. The van der Waals surface area contributed by atoms with Gasteiger partial charge in [0.2, 0.25) is 0 Å². The number of alkyl halides is 2. The van der Waals surface area contributed by atoms with Crippen LogP contribution >= 0.6 is 0 Å². The van der Waals surface area contributed by atoms with E-state index in [1.807, 2.05) is 0 Å². The van der Waals surface area contributed by atoms with Gasteiger partial charge >= 0.3 is 11.9 Å². The van der Waals surface area contributed by atoms with Crippen molar-refractivity contribution >= 4 is 5.97 Å². The molecule has 0 aromatic rings. The maximum absolute atomic E-state index is 13.3. The quantitative estimate of drug-likeness (QED) is 0.331. The highest BCUT2D eigenvalue weighted by Crippen LogP contribution is 2.24. The third-order valence-electron chi connectivity index (χ3n) is 3.42. The molecule has 0 unspecified atom stereocenters. The molecule has 0 saturated heterocycles. The van der Waals surface area contributed by atoms with Crippen LogP contribution in [-0.4, -0.2) is 18.5 Å². The van der Waals surface area contributed by atoms with Crippen molar-refractivity contribution in [2.75, 3.05) is 6.61 Å². The van der Waals surface area contributed by atoms with Gasteiger partial charge in [0.25, 0.3) is 0 Å². The van der Waals surface area contributed by atoms with Crippen molar-refractivity contribution in [3.05, 3.63) is 0 Å². The average Bonchev–Trinajstić information content (AvgIpc) is 2.41. The van der Waals surface area contributed by atoms with Crippen LogP contribution in [0.1, 0.15) is 84.5 Å². The summed E-state index contributed by atoms with van der Waals surface area (Å²) in [7, 11) is 0. The second kappa shape index (κ2) is 12.1. The Morgan fingerprint density at radius 3 is 1.75 bits per heavy atom. The van der Waals surface area contributed by atoms with Crippen LogP contribution in [0, 0.1) is 0 Å². The van der Waals surface area contributed by atoms with Gasteiger partial charge in [-0.15, -0.1) is 0 Å². The van der Waals surface area contributed by atoms with Gasteiger partial charge in [0.05, 0.1) is 6.61 Å². The van der Waals surface area contributed by atoms with E-state index in [-0.39, 0.29) is 13.0 Å². The highest BCUT2D eigenvalue weighted by Gasteiger charge is 2.39. The lowest BCUT2D eigenvalue weighted by Crippen LogP contribution is -2.30. The van der Waals surface area contributed by atoms with Gasteiger partial charge in [-0.25, -0.2) is 4.79 Å². The summed E-state index contributed by atoms with van der Waals surface area (Å²) >= 11 is 0. The van der Waals surface area contributed by atoms with Crippen LogP contribution in [0.4, 0.5) is 8.78 Å². The minimum atomic E-state index is -3.31. The Hall–Kier alpha value is -0.670. The van der Waals surface area contributed by atoms with Gasteiger partial charge in [-0.2, -0.15) is 8.78 Å². The fourth-order valence-electron chi connectivity index (χ4n) is 2.17. The molecule has 0 bridgehead atoms. The Morgan fingerprint density at radius 2 is 1.30 bits per heavy atom. The summed E-state index contributed by atoms with van der Waals surface area (Å²) in [5, 5.41) is 0. The van der Waals surface area contributed by atoms with E-state index in [1.165, 1.54) is 45.4 Å². The lowest BCUT2D eigenvalue weighted by molar-refractivity contribution is -0.172. The number of unbranched alkanes of at least 4 members (excludes halogenated alkanes) is 9. The summed E-state index contributed by atoms with van der Waals surface area (Å²) in [6, 6.07) is 0. The zero-order valence-electron chi connectivity index (χ0n) is 13.1. The first-order valence-corrected chi connectivity index (χ1v) is 8.09. The van der Waals surface area contributed by atoms with Crippen molar-refractivity contribution in [3.8, 4) is 0 Å². The number of esters is 1. The number of hydrogen-bond donors (Lipinski definition) is 0. The molecule has 2 nitrogen and oxygen atoms in total. The summed E-state index contributed by atoms with van der Waals surface area (Å²) in [5.74, 6) is -4.69. The summed E-state index contributed by atoms with van der Waals surface area (Å²) in [6.45, 7) is 3.74. The maximum atomic E-state index is 13.3. The standard InChI is InChI=1S/C16H30F2O2/c1-3-5-6-7-8-9-10-11-12-13-14-16(17,18)15(19)20-4-2/h3-14H2,1-2H3. The number of carbonyl (C=O) groups excluding carboxylic acids is 1. The first-order chi connectivity index (χ1) is 9.54. The SMILES string of the molecule is CCCCCCCCCCCCC(F)(F)C(=O)OCC. The Labute approximate surface area is 122 Å². The minimum absolute atomic E-state index is 0.00640. The molecule has 0 N–H and O–H groups in total. The van der Waals surface area contributed by atoms with E-state index in [4.69, 9.17) is 0 Å². The molecule has 20 heavy (non-hydrogen) atoms. The monoisotopic (exact) mass is 292 g/mol. The van der Waals surface area contributed by atoms with Crippen LogP contribution in [0.15, 0.2) is 0 Å². The summed E-state index contributed by atoms with van der Waals surface area (Å²) in [5.41, 5.74) is 0. The second-order valence-electron chi connectivity index (χ2n) is 5.36. The largest absolute Gasteiger partial charge is 0.462 e. The molecular formula is C16H30F2O2. The van der Waals surface area contributed by atoms with E-state index in [0.29, 0.717) is 6.42 Å². The molecule has 0 aromatic heterocycles. The predicted octanol–water partition coefficient (Wildman–Crippen LogP) is 5.50. The fourth-order valence-corrected chi connectivity index (χ4v) is 2.17. The Kier molecular flexibility index (Phi) is 11.7. The van der Waals surface area contributed by atoms with E-state index < -0.39 is 11.9 Å². The average molecular weight is 292 g/mol. The summed E-state index contributed by atoms with van der Waals surface area (Å²) in [6.07, 6.45) is 10.5. The molecule has 120 valence electrons. The second-order valence-corrected chi connectivity index (χ2v) is 5.36. The highest BCUT2D eigenvalue weighted by molar-refractivity contribution is 5.77. The molecule has 0 aliphatic heterocycles. The number of rotatable bonds is 13. The molecule has 0 amide bonds. The molecule has 0 spiro atoms. The molecule has 0 heterocycles. The van der Waals surface area contributed by atoms with E-state index in [1.54, 1.807) is 0 Å². The van der Waals surface area contributed by atoms with Gasteiger partial charge in [0, 0.05) is 6.42 Å². The fraction of sp³-hybridized carbons (Fsp3) is 0.938. The molecule has 0 aliphatic rings. The zero-order chi connectivity index (χ0) is 15.3. The van der Waals surface area contributed by atoms with E-state index in [2.05, 4.69) is 11.7 Å². The Morgan fingerprint density at radius 1 is 0.850 bits per heavy atom. The zero-order valence-corrected chi connectivity index (χ0v) is 13.1. The van der Waals surface area contributed by atoms with Gasteiger partial charge in [-0.1, -0.05) is 64.7 Å². The van der Waals surface area contributed by atoms with Crippen molar-refractivity contribution < 1.29 is 18.3 Å². The molecule has 0 saturated carbocycles. The summed E-state index contributed by atoms with van der Waals surface area (Å²) in [4.78, 5) is 11.0. The van der Waals surface area contributed by atoms with Crippen LogP contribution in [-0.2, 0) is 9.53 Å². The van der Waals surface area contributed by atoms with Gasteiger partial charge < -0.3 is 4.74 Å². The van der Waals surface area contributed by atoms with Gasteiger partial charge in [0.15, 0.2) is 0 Å². The van der Waals surface area contributed by atoms with Crippen molar-refractivity contribution in [1.82, 2.24) is 0 Å². The van der Waals surface area contributed by atoms with Gasteiger partial charge in [-0.3, -0.25) is 0 Å². The Balaban J connectivity index is 3.41. The maximum Gasteiger partial charge on any atom is 0.376 e. The van der Waals surface area contributed by atoms with Crippen LogP contribution in [0.3, 0.4) is 0 Å². The molecule has 0 atom stereocenters. The van der Waals surface area contributed by atoms with Crippen molar-refractivity contribution in [2.24, 2.45) is 0 Å². The van der Waals surface area contributed by atoms with Crippen LogP contribution in [0.2, 0.25) is 0 Å².